The topological polar surface area (TPSA) is 67.9 Å². The Morgan fingerprint density at radius 2 is 1.62 bits per heavy atom. The van der Waals surface area contributed by atoms with Crippen LogP contribution in [0.3, 0.4) is 0 Å². The van der Waals surface area contributed by atoms with Gasteiger partial charge < -0.3 is 19.7 Å². The summed E-state index contributed by atoms with van der Waals surface area (Å²) in [7, 11) is 0. The monoisotopic (exact) mass is 428 g/mol. The lowest BCUT2D eigenvalue weighted by molar-refractivity contribution is -0.126. The SMILES string of the molecule is CC(NC(=O)[C@@H](c1ccccc1)N1Cc2ccccc2C1=O)c1ccc2c(c1)OCCO2. The van der Waals surface area contributed by atoms with Crippen molar-refractivity contribution in [3.8, 4) is 11.5 Å². The zero-order chi connectivity index (χ0) is 22.1. The highest BCUT2D eigenvalue weighted by atomic mass is 16.6. The van der Waals surface area contributed by atoms with Gasteiger partial charge in [-0.05, 0) is 41.8 Å². The summed E-state index contributed by atoms with van der Waals surface area (Å²) < 4.78 is 11.3. The van der Waals surface area contributed by atoms with E-state index in [0.29, 0.717) is 36.8 Å². The van der Waals surface area contributed by atoms with Gasteiger partial charge in [0.2, 0.25) is 5.91 Å². The number of benzene rings is 3. The van der Waals surface area contributed by atoms with Gasteiger partial charge in [0, 0.05) is 12.1 Å². The number of amides is 2. The number of carbonyl (C=O) groups is 2. The van der Waals surface area contributed by atoms with E-state index in [1.165, 1.54) is 0 Å². The maximum absolute atomic E-state index is 13.5. The molecular formula is C26H24N2O4. The van der Waals surface area contributed by atoms with Crippen molar-refractivity contribution in [3.63, 3.8) is 0 Å². The standard InChI is InChI=1S/C26H24N2O4/c1-17(19-11-12-22-23(15-19)32-14-13-31-22)27-25(29)24(18-7-3-2-4-8-18)28-16-20-9-5-6-10-21(20)26(28)30/h2-12,15,17,24H,13-14,16H2,1H3,(H,27,29)/t17?,24-/m1/s1. The summed E-state index contributed by atoms with van der Waals surface area (Å²) in [6, 6.07) is 21.6. The van der Waals surface area contributed by atoms with Crippen molar-refractivity contribution >= 4 is 11.8 Å². The van der Waals surface area contributed by atoms with Gasteiger partial charge in [0.15, 0.2) is 11.5 Å². The van der Waals surface area contributed by atoms with E-state index in [1.54, 1.807) is 4.90 Å². The fourth-order valence-corrected chi connectivity index (χ4v) is 4.30. The van der Waals surface area contributed by atoms with Crippen molar-refractivity contribution < 1.29 is 19.1 Å². The molecule has 0 spiro atoms. The molecule has 6 nitrogen and oxygen atoms in total. The van der Waals surface area contributed by atoms with Crippen LogP contribution < -0.4 is 14.8 Å². The van der Waals surface area contributed by atoms with Crippen molar-refractivity contribution in [2.75, 3.05) is 13.2 Å². The van der Waals surface area contributed by atoms with Gasteiger partial charge in [-0.25, -0.2) is 0 Å². The van der Waals surface area contributed by atoms with Gasteiger partial charge in [-0.1, -0.05) is 54.6 Å². The maximum atomic E-state index is 13.5. The first-order valence-corrected chi connectivity index (χ1v) is 10.8. The molecule has 2 amide bonds. The third kappa shape index (κ3) is 3.68. The first-order valence-electron chi connectivity index (χ1n) is 10.8. The molecule has 3 aromatic carbocycles. The Labute approximate surface area is 186 Å². The molecule has 162 valence electrons. The molecule has 2 atom stereocenters. The summed E-state index contributed by atoms with van der Waals surface area (Å²) in [4.78, 5) is 28.3. The van der Waals surface area contributed by atoms with Crippen LogP contribution in [0.1, 0.15) is 46.1 Å². The van der Waals surface area contributed by atoms with Crippen LogP contribution in [0.15, 0.2) is 72.8 Å². The molecule has 0 aromatic heterocycles. The largest absolute Gasteiger partial charge is 0.486 e. The molecule has 0 fully saturated rings. The minimum absolute atomic E-state index is 0.128. The molecule has 2 aliphatic heterocycles. The smallest absolute Gasteiger partial charge is 0.255 e. The quantitative estimate of drug-likeness (QED) is 0.666. The van der Waals surface area contributed by atoms with Gasteiger partial charge in [-0.15, -0.1) is 0 Å². The Hall–Kier alpha value is -3.80. The van der Waals surface area contributed by atoms with E-state index in [0.717, 1.165) is 16.7 Å². The second kappa shape index (κ2) is 8.38. The molecule has 1 unspecified atom stereocenters. The van der Waals surface area contributed by atoms with Crippen LogP contribution in [0.5, 0.6) is 11.5 Å². The second-order valence-corrected chi connectivity index (χ2v) is 8.04. The van der Waals surface area contributed by atoms with Crippen LogP contribution in [0, 0.1) is 0 Å². The number of fused-ring (bicyclic) bond motifs is 2. The number of nitrogens with one attached hydrogen (secondary N) is 1. The maximum Gasteiger partial charge on any atom is 0.255 e. The number of rotatable bonds is 5. The van der Waals surface area contributed by atoms with Crippen molar-refractivity contribution in [3.05, 3.63) is 95.1 Å². The fraction of sp³-hybridized carbons (Fsp3) is 0.231. The van der Waals surface area contributed by atoms with E-state index in [1.807, 2.05) is 79.7 Å². The summed E-state index contributed by atoms with van der Waals surface area (Å²) in [5, 5.41) is 3.10. The predicted octanol–water partition coefficient (Wildman–Crippen LogP) is 4.03. The van der Waals surface area contributed by atoms with Crippen molar-refractivity contribution in [1.29, 1.82) is 0 Å². The van der Waals surface area contributed by atoms with Gasteiger partial charge in [0.25, 0.3) is 5.91 Å². The zero-order valence-corrected chi connectivity index (χ0v) is 17.8. The summed E-state index contributed by atoms with van der Waals surface area (Å²) in [5.74, 6) is 1.04. The molecule has 32 heavy (non-hydrogen) atoms. The number of hydrogen-bond donors (Lipinski definition) is 1. The number of nitrogens with zero attached hydrogens (tertiary/aromatic N) is 1. The lowest BCUT2D eigenvalue weighted by atomic mass is 10.0. The van der Waals surface area contributed by atoms with Crippen molar-refractivity contribution in [1.82, 2.24) is 10.2 Å². The molecule has 2 aliphatic rings. The zero-order valence-electron chi connectivity index (χ0n) is 17.8. The van der Waals surface area contributed by atoms with Crippen LogP contribution in [0.4, 0.5) is 0 Å². The lowest BCUT2D eigenvalue weighted by Crippen LogP contribution is -2.41. The molecule has 1 N–H and O–H groups in total. The molecule has 0 bridgehead atoms. The van der Waals surface area contributed by atoms with Gasteiger partial charge in [0.05, 0.1) is 6.04 Å². The van der Waals surface area contributed by atoms with E-state index in [-0.39, 0.29) is 17.9 Å². The Morgan fingerprint density at radius 1 is 0.906 bits per heavy atom. The third-order valence-corrected chi connectivity index (χ3v) is 5.95. The first kappa shape index (κ1) is 20.1. The molecule has 0 radical (unpaired) electrons. The minimum Gasteiger partial charge on any atom is -0.486 e. The van der Waals surface area contributed by atoms with Gasteiger partial charge >= 0.3 is 0 Å². The Bertz CT molecular complexity index is 1160. The number of ether oxygens (including phenoxy) is 2. The van der Waals surface area contributed by atoms with Crippen LogP contribution in [-0.4, -0.2) is 29.9 Å². The van der Waals surface area contributed by atoms with E-state index in [9.17, 15) is 9.59 Å². The highest BCUT2D eigenvalue weighted by molar-refractivity contribution is 6.01. The average Bonchev–Trinajstić information content (AvgIpc) is 3.15. The van der Waals surface area contributed by atoms with E-state index in [4.69, 9.17) is 9.47 Å². The average molecular weight is 428 g/mol. The highest BCUT2D eigenvalue weighted by Gasteiger charge is 2.37. The second-order valence-electron chi connectivity index (χ2n) is 8.04. The third-order valence-electron chi connectivity index (χ3n) is 5.95. The predicted molar refractivity (Wildman–Crippen MR) is 119 cm³/mol. The van der Waals surface area contributed by atoms with E-state index >= 15 is 0 Å². The Balaban J connectivity index is 1.41. The number of hydrogen-bond acceptors (Lipinski definition) is 4. The molecule has 5 rings (SSSR count). The van der Waals surface area contributed by atoms with Gasteiger partial charge in [-0.2, -0.15) is 0 Å². The summed E-state index contributed by atoms with van der Waals surface area (Å²) in [6.07, 6.45) is 0. The Morgan fingerprint density at radius 3 is 2.41 bits per heavy atom. The molecule has 6 heteroatoms. The normalized spacial score (nSPS) is 16.3. The summed E-state index contributed by atoms with van der Waals surface area (Å²) in [5.41, 5.74) is 3.28. The highest BCUT2D eigenvalue weighted by Crippen LogP contribution is 2.34. The van der Waals surface area contributed by atoms with Crippen LogP contribution in [0.2, 0.25) is 0 Å². The van der Waals surface area contributed by atoms with Crippen LogP contribution in [0.25, 0.3) is 0 Å². The van der Waals surface area contributed by atoms with Crippen LogP contribution in [-0.2, 0) is 11.3 Å². The van der Waals surface area contributed by atoms with Crippen molar-refractivity contribution in [2.45, 2.75) is 25.6 Å². The van der Waals surface area contributed by atoms with E-state index < -0.39 is 6.04 Å². The summed E-state index contributed by atoms with van der Waals surface area (Å²) >= 11 is 0. The first-order chi connectivity index (χ1) is 15.6. The molecule has 0 aliphatic carbocycles. The molecule has 2 heterocycles. The lowest BCUT2D eigenvalue weighted by Gasteiger charge is -2.29. The number of carbonyl (C=O) groups excluding carboxylic acids is 2. The molecule has 0 saturated heterocycles. The summed E-state index contributed by atoms with van der Waals surface area (Å²) in [6.45, 7) is 3.36. The molecule has 3 aromatic rings. The minimum atomic E-state index is -0.726. The Kier molecular flexibility index (Phi) is 5.27. The van der Waals surface area contributed by atoms with Crippen LogP contribution >= 0.6 is 0 Å². The fourth-order valence-electron chi connectivity index (χ4n) is 4.30. The van der Waals surface area contributed by atoms with Crippen molar-refractivity contribution in [2.24, 2.45) is 0 Å². The molecular weight excluding hydrogens is 404 g/mol. The molecule has 0 saturated carbocycles. The van der Waals surface area contributed by atoms with E-state index in [2.05, 4.69) is 5.32 Å². The van der Waals surface area contributed by atoms with Gasteiger partial charge in [-0.3, -0.25) is 9.59 Å². The van der Waals surface area contributed by atoms with Gasteiger partial charge in [0.1, 0.15) is 19.3 Å².